The third kappa shape index (κ3) is 7.53. The highest BCUT2D eigenvalue weighted by atomic mass is 35.5. The molecule has 3 N–H and O–H groups in total. The first-order valence-corrected chi connectivity index (χ1v) is 8.91. The Kier molecular flexibility index (Phi) is 12.1. The van der Waals surface area contributed by atoms with Crippen molar-refractivity contribution in [2.24, 2.45) is 11.7 Å². The van der Waals surface area contributed by atoms with Crippen LogP contribution in [0.15, 0.2) is 0 Å². The molecule has 2 unspecified atom stereocenters. The minimum Gasteiger partial charge on any atom is -0.354 e. The average molecular weight is 348 g/mol. The number of hydrogen-bond acceptors (Lipinski definition) is 3. The normalized spacial score (nSPS) is 18.9. The van der Waals surface area contributed by atoms with Crippen molar-refractivity contribution in [3.63, 3.8) is 0 Å². The van der Waals surface area contributed by atoms with E-state index in [2.05, 4.69) is 19.2 Å². The number of amides is 2. The third-order valence-electron chi connectivity index (χ3n) is 4.56. The summed E-state index contributed by atoms with van der Waals surface area (Å²) in [4.78, 5) is 26.4. The van der Waals surface area contributed by atoms with Crippen LogP contribution < -0.4 is 11.1 Å². The molecule has 1 saturated heterocycles. The molecule has 2 amide bonds. The number of likely N-dealkylation sites (tertiary alicyclic amines) is 1. The molecule has 0 aromatic carbocycles. The number of rotatable bonds is 9. The van der Waals surface area contributed by atoms with Gasteiger partial charge in [0, 0.05) is 38.0 Å². The van der Waals surface area contributed by atoms with Gasteiger partial charge >= 0.3 is 0 Å². The first-order valence-electron chi connectivity index (χ1n) is 8.91. The summed E-state index contributed by atoms with van der Waals surface area (Å²) >= 11 is 0. The van der Waals surface area contributed by atoms with Crippen molar-refractivity contribution in [3.05, 3.63) is 0 Å². The summed E-state index contributed by atoms with van der Waals surface area (Å²) in [5, 5.41) is 2.93. The summed E-state index contributed by atoms with van der Waals surface area (Å²) in [5.74, 6) is 0.410. The number of nitrogens with zero attached hydrogens (tertiary/aromatic N) is 1. The maximum absolute atomic E-state index is 12.8. The molecule has 0 radical (unpaired) electrons. The van der Waals surface area contributed by atoms with E-state index in [0.717, 1.165) is 51.5 Å². The predicted molar refractivity (Wildman–Crippen MR) is 96.6 cm³/mol. The maximum Gasteiger partial charge on any atom is 0.225 e. The van der Waals surface area contributed by atoms with Gasteiger partial charge in [-0.2, -0.15) is 0 Å². The molecule has 5 nitrogen and oxygen atoms in total. The first kappa shape index (κ1) is 22.2. The zero-order valence-electron chi connectivity index (χ0n) is 14.7. The Morgan fingerprint density at radius 3 is 2.65 bits per heavy atom. The van der Waals surface area contributed by atoms with E-state index in [4.69, 9.17) is 5.73 Å². The van der Waals surface area contributed by atoms with Crippen molar-refractivity contribution in [2.75, 3.05) is 19.6 Å². The molecule has 23 heavy (non-hydrogen) atoms. The zero-order chi connectivity index (χ0) is 16.4. The average Bonchev–Trinajstić information content (AvgIpc) is 2.54. The van der Waals surface area contributed by atoms with Gasteiger partial charge in [0.05, 0.1) is 0 Å². The van der Waals surface area contributed by atoms with E-state index in [9.17, 15) is 9.59 Å². The molecular formula is C17H34ClN3O2. The summed E-state index contributed by atoms with van der Waals surface area (Å²) in [6.45, 7) is 6.02. The lowest BCUT2D eigenvalue weighted by Crippen LogP contribution is -2.51. The number of carbonyl (C=O) groups excluding carboxylic acids is 2. The van der Waals surface area contributed by atoms with Crippen LogP contribution in [0.5, 0.6) is 0 Å². The van der Waals surface area contributed by atoms with Gasteiger partial charge < -0.3 is 16.0 Å². The summed E-state index contributed by atoms with van der Waals surface area (Å²) in [6, 6.07) is 0.152. The lowest BCUT2D eigenvalue weighted by atomic mass is 9.94. The molecule has 1 rings (SSSR count). The molecule has 1 heterocycles. The van der Waals surface area contributed by atoms with Crippen molar-refractivity contribution in [1.82, 2.24) is 10.2 Å². The molecule has 2 atom stereocenters. The topological polar surface area (TPSA) is 75.4 Å². The van der Waals surface area contributed by atoms with E-state index in [1.165, 1.54) is 0 Å². The van der Waals surface area contributed by atoms with Crippen molar-refractivity contribution in [3.8, 4) is 0 Å². The predicted octanol–water partition coefficient (Wildman–Crippen LogP) is 2.47. The number of nitrogens with two attached hydrogens (primary N) is 1. The lowest BCUT2D eigenvalue weighted by molar-refractivity contribution is -0.140. The quantitative estimate of drug-likeness (QED) is 0.672. The summed E-state index contributed by atoms with van der Waals surface area (Å²) in [5.41, 5.74) is 5.39. The Morgan fingerprint density at radius 2 is 2.04 bits per heavy atom. The van der Waals surface area contributed by atoms with Crippen LogP contribution in [0.4, 0.5) is 0 Å². The van der Waals surface area contributed by atoms with Gasteiger partial charge in [0.1, 0.15) is 0 Å². The monoisotopic (exact) mass is 347 g/mol. The molecule has 0 bridgehead atoms. The van der Waals surface area contributed by atoms with Crippen LogP contribution in [0.1, 0.15) is 65.2 Å². The maximum atomic E-state index is 12.8. The number of unbranched alkanes of at least 4 members (excludes halogenated alkanes) is 1. The van der Waals surface area contributed by atoms with Crippen LogP contribution in [0.3, 0.4) is 0 Å². The van der Waals surface area contributed by atoms with Gasteiger partial charge in [-0.1, -0.05) is 26.7 Å². The van der Waals surface area contributed by atoms with Crippen molar-refractivity contribution in [2.45, 2.75) is 71.3 Å². The minimum atomic E-state index is -0.0153. The fourth-order valence-electron chi connectivity index (χ4n) is 3.14. The Balaban J connectivity index is 0.00000484. The number of piperidine rings is 1. The van der Waals surface area contributed by atoms with Crippen LogP contribution in [0.2, 0.25) is 0 Å². The Labute approximate surface area is 147 Å². The molecule has 0 aliphatic carbocycles. The largest absolute Gasteiger partial charge is 0.354 e. The molecule has 1 aliphatic heterocycles. The Hall–Kier alpha value is -0.810. The van der Waals surface area contributed by atoms with Gasteiger partial charge in [-0.15, -0.1) is 12.4 Å². The van der Waals surface area contributed by atoms with E-state index in [1.807, 2.05) is 4.90 Å². The van der Waals surface area contributed by atoms with E-state index in [1.54, 1.807) is 0 Å². The van der Waals surface area contributed by atoms with Gasteiger partial charge in [-0.25, -0.2) is 0 Å². The highest BCUT2D eigenvalue weighted by molar-refractivity contribution is 5.85. The fourth-order valence-corrected chi connectivity index (χ4v) is 3.14. The van der Waals surface area contributed by atoms with Gasteiger partial charge in [0.2, 0.25) is 11.8 Å². The summed E-state index contributed by atoms with van der Waals surface area (Å²) in [6.07, 6.45) is 7.66. The molecule has 0 aromatic heterocycles. The van der Waals surface area contributed by atoms with Gasteiger partial charge in [-0.3, -0.25) is 9.59 Å². The van der Waals surface area contributed by atoms with Crippen LogP contribution in [-0.4, -0.2) is 42.4 Å². The van der Waals surface area contributed by atoms with Crippen LogP contribution in [0.25, 0.3) is 0 Å². The molecule has 1 aliphatic rings. The number of carbonyl (C=O) groups is 2. The second-order valence-corrected chi connectivity index (χ2v) is 6.27. The van der Waals surface area contributed by atoms with Gasteiger partial charge in [-0.05, 0) is 32.1 Å². The molecule has 136 valence electrons. The van der Waals surface area contributed by atoms with Gasteiger partial charge in [0.15, 0.2) is 0 Å². The summed E-state index contributed by atoms with van der Waals surface area (Å²) < 4.78 is 0. The number of hydrogen-bond donors (Lipinski definition) is 2. The molecular weight excluding hydrogens is 314 g/mol. The smallest absolute Gasteiger partial charge is 0.225 e. The van der Waals surface area contributed by atoms with Crippen LogP contribution in [0, 0.1) is 5.92 Å². The Morgan fingerprint density at radius 1 is 1.30 bits per heavy atom. The standard InChI is InChI=1S/C17H33N3O2.ClH/c1-3-5-8-14(4-2)17(22)20-12-7-6-9-15(20)13-19-16(21)10-11-18;/h14-15H,3-13,18H2,1-2H3,(H,19,21);1H. The van der Waals surface area contributed by atoms with E-state index in [0.29, 0.717) is 19.5 Å². The Bertz CT molecular complexity index is 353. The third-order valence-corrected chi connectivity index (χ3v) is 4.56. The van der Waals surface area contributed by atoms with Crippen molar-refractivity contribution in [1.29, 1.82) is 0 Å². The summed E-state index contributed by atoms with van der Waals surface area (Å²) in [7, 11) is 0. The molecule has 6 heteroatoms. The zero-order valence-corrected chi connectivity index (χ0v) is 15.5. The molecule has 0 saturated carbocycles. The SMILES string of the molecule is CCCCC(CC)C(=O)N1CCCCC1CNC(=O)CCN.Cl. The van der Waals surface area contributed by atoms with Crippen molar-refractivity contribution < 1.29 is 9.59 Å². The molecule has 0 aromatic rings. The minimum absolute atomic E-state index is 0. The van der Waals surface area contributed by atoms with E-state index >= 15 is 0 Å². The second-order valence-electron chi connectivity index (χ2n) is 6.27. The highest BCUT2D eigenvalue weighted by Crippen LogP contribution is 2.23. The molecule has 1 fully saturated rings. The fraction of sp³-hybridized carbons (Fsp3) is 0.882. The number of halogens is 1. The highest BCUT2D eigenvalue weighted by Gasteiger charge is 2.30. The molecule has 0 spiro atoms. The van der Waals surface area contributed by atoms with E-state index < -0.39 is 0 Å². The second kappa shape index (κ2) is 12.6. The first-order chi connectivity index (χ1) is 10.6. The van der Waals surface area contributed by atoms with Crippen molar-refractivity contribution >= 4 is 24.2 Å². The van der Waals surface area contributed by atoms with Crippen LogP contribution >= 0.6 is 12.4 Å². The van der Waals surface area contributed by atoms with Gasteiger partial charge in [0.25, 0.3) is 0 Å². The number of nitrogens with one attached hydrogen (secondary N) is 1. The van der Waals surface area contributed by atoms with E-state index in [-0.39, 0.29) is 36.2 Å². The lowest BCUT2D eigenvalue weighted by Gasteiger charge is -2.38. The van der Waals surface area contributed by atoms with Crippen LogP contribution in [-0.2, 0) is 9.59 Å².